The molecule has 9 heteroatoms. The first-order valence-electron chi connectivity index (χ1n) is 5.56. The van der Waals surface area contributed by atoms with Crippen LogP contribution in [0.2, 0.25) is 5.02 Å². The summed E-state index contributed by atoms with van der Waals surface area (Å²) in [6.45, 7) is 3.63. The molecule has 0 aliphatic heterocycles. The molecule has 1 aromatic heterocycles. The lowest BCUT2D eigenvalue weighted by atomic mass is 10.2. The van der Waals surface area contributed by atoms with Crippen molar-refractivity contribution in [2.45, 2.75) is 25.0 Å². The van der Waals surface area contributed by atoms with Crippen LogP contribution in [0.15, 0.2) is 27.8 Å². The first-order valence-corrected chi connectivity index (χ1v) is 9.04. The number of nitrogens with zero attached hydrogens (tertiary/aromatic N) is 3. The highest BCUT2D eigenvalue weighted by molar-refractivity contribution is 9.10. The highest BCUT2D eigenvalue weighted by Crippen LogP contribution is 2.30. The number of hydrogen-bond donors (Lipinski definition) is 0. The van der Waals surface area contributed by atoms with E-state index in [4.69, 9.17) is 22.3 Å². The summed E-state index contributed by atoms with van der Waals surface area (Å²) in [6.07, 6.45) is 0. The van der Waals surface area contributed by atoms with Crippen LogP contribution in [-0.4, -0.2) is 23.2 Å². The van der Waals surface area contributed by atoms with Crippen LogP contribution >= 0.6 is 38.2 Å². The molecule has 0 N–H and O–H groups in total. The molecule has 1 aromatic carbocycles. The zero-order chi connectivity index (χ0) is 15.1. The van der Waals surface area contributed by atoms with Crippen molar-refractivity contribution in [3.05, 3.63) is 27.7 Å². The lowest BCUT2D eigenvalue weighted by molar-refractivity contribution is 0.530. The van der Waals surface area contributed by atoms with Gasteiger partial charge in [0, 0.05) is 31.8 Å². The molecule has 0 amide bonds. The van der Waals surface area contributed by atoms with Crippen LogP contribution < -0.4 is 0 Å². The largest absolute Gasteiger partial charge is 0.296 e. The van der Waals surface area contributed by atoms with Gasteiger partial charge < -0.3 is 0 Å². The Hall–Kier alpha value is -0.630. The van der Waals surface area contributed by atoms with Crippen molar-refractivity contribution in [3.63, 3.8) is 0 Å². The summed E-state index contributed by atoms with van der Waals surface area (Å²) in [5.74, 6) is 0.391. The molecular formula is C11H10BrCl2N3O2S. The maximum atomic E-state index is 11.5. The quantitative estimate of drug-likeness (QED) is 0.736. The lowest BCUT2D eigenvalue weighted by Crippen LogP contribution is -2.10. The molecule has 1 heterocycles. The summed E-state index contributed by atoms with van der Waals surface area (Å²) < 4.78 is 25.3. The van der Waals surface area contributed by atoms with Gasteiger partial charge in [-0.2, -0.15) is 0 Å². The van der Waals surface area contributed by atoms with Crippen molar-refractivity contribution in [1.29, 1.82) is 0 Å². The van der Waals surface area contributed by atoms with Crippen molar-refractivity contribution in [1.82, 2.24) is 14.8 Å². The molecular weight excluding hydrogens is 389 g/mol. The van der Waals surface area contributed by atoms with Gasteiger partial charge in [0.1, 0.15) is 0 Å². The topological polar surface area (TPSA) is 64.8 Å². The molecule has 0 radical (unpaired) electrons. The summed E-state index contributed by atoms with van der Waals surface area (Å²) >= 11 is 9.33. The molecule has 0 bridgehead atoms. The van der Waals surface area contributed by atoms with E-state index in [1.54, 1.807) is 18.2 Å². The van der Waals surface area contributed by atoms with E-state index in [0.29, 0.717) is 16.4 Å². The van der Waals surface area contributed by atoms with Crippen LogP contribution in [0.5, 0.6) is 0 Å². The average molecular weight is 399 g/mol. The Kier molecular flexibility index (Phi) is 4.44. The minimum absolute atomic E-state index is 0.179. The Morgan fingerprint density at radius 1 is 1.25 bits per heavy atom. The fraction of sp³-hybridized carbons (Fsp3) is 0.273. The maximum absolute atomic E-state index is 11.5. The van der Waals surface area contributed by atoms with Crippen LogP contribution in [0.1, 0.15) is 19.9 Å². The predicted octanol–water partition coefficient (Wildman–Crippen LogP) is 3.87. The molecule has 108 valence electrons. The van der Waals surface area contributed by atoms with Gasteiger partial charge in [-0.05, 0) is 32.0 Å². The van der Waals surface area contributed by atoms with E-state index in [9.17, 15) is 8.42 Å². The Bertz CT molecular complexity index is 739. The maximum Gasteiger partial charge on any atom is 0.296 e. The number of benzene rings is 1. The van der Waals surface area contributed by atoms with Crippen molar-refractivity contribution in [2.24, 2.45) is 0 Å². The highest BCUT2D eigenvalue weighted by Gasteiger charge is 2.25. The molecule has 2 rings (SSSR count). The predicted molar refractivity (Wildman–Crippen MR) is 81.6 cm³/mol. The van der Waals surface area contributed by atoms with Gasteiger partial charge in [-0.15, -0.1) is 10.2 Å². The number of hydrogen-bond acceptors (Lipinski definition) is 4. The molecule has 0 aliphatic carbocycles. The number of aromatic nitrogens is 3. The molecule has 0 aliphatic rings. The van der Waals surface area contributed by atoms with Crippen molar-refractivity contribution < 1.29 is 8.42 Å². The van der Waals surface area contributed by atoms with E-state index in [1.165, 1.54) is 4.57 Å². The van der Waals surface area contributed by atoms with Crippen LogP contribution in [-0.2, 0) is 9.05 Å². The van der Waals surface area contributed by atoms with Gasteiger partial charge >= 0.3 is 0 Å². The fourth-order valence-corrected chi connectivity index (χ4v) is 3.63. The molecule has 2 aromatic rings. The normalized spacial score (nSPS) is 12.1. The molecule has 0 atom stereocenters. The molecule has 0 saturated heterocycles. The molecule has 0 unspecified atom stereocenters. The van der Waals surface area contributed by atoms with Gasteiger partial charge in [-0.25, -0.2) is 8.42 Å². The Labute approximate surface area is 134 Å². The fourth-order valence-electron chi connectivity index (χ4n) is 1.79. The van der Waals surface area contributed by atoms with Crippen LogP contribution in [0.4, 0.5) is 0 Å². The van der Waals surface area contributed by atoms with Crippen LogP contribution in [0.25, 0.3) is 11.4 Å². The number of rotatable bonds is 3. The summed E-state index contributed by atoms with van der Waals surface area (Å²) in [7, 11) is 1.42. The molecule has 0 spiro atoms. The van der Waals surface area contributed by atoms with E-state index in [0.717, 1.165) is 4.47 Å². The van der Waals surface area contributed by atoms with Gasteiger partial charge in [-0.1, -0.05) is 27.5 Å². The molecule has 20 heavy (non-hydrogen) atoms. The SMILES string of the molecule is CC(C)n1c(-c2cc(Cl)cc(Br)c2)nnc1S(=O)(=O)Cl. The van der Waals surface area contributed by atoms with E-state index in [1.807, 2.05) is 13.8 Å². The second-order valence-electron chi connectivity index (χ2n) is 4.37. The van der Waals surface area contributed by atoms with Crippen LogP contribution in [0, 0.1) is 0 Å². The van der Waals surface area contributed by atoms with Gasteiger partial charge in [0.15, 0.2) is 5.82 Å². The summed E-state index contributed by atoms with van der Waals surface area (Å²) in [6, 6.07) is 5.00. The number of halogens is 3. The molecule has 0 fully saturated rings. The highest BCUT2D eigenvalue weighted by atomic mass is 79.9. The summed E-state index contributed by atoms with van der Waals surface area (Å²) in [5.41, 5.74) is 0.650. The zero-order valence-corrected chi connectivity index (χ0v) is 14.4. The standard InChI is InChI=1S/C11H10BrCl2N3O2S/c1-6(2)17-10(15-16-11(17)20(14,18)19)7-3-8(12)5-9(13)4-7/h3-6H,1-2H3. The smallest absolute Gasteiger partial charge is 0.294 e. The lowest BCUT2D eigenvalue weighted by Gasteiger charge is -2.12. The van der Waals surface area contributed by atoms with Gasteiger partial charge in [0.2, 0.25) is 0 Å². The van der Waals surface area contributed by atoms with Gasteiger partial charge in [0.25, 0.3) is 14.2 Å². The summed E-state index contributed by atoms with van der Waals surface area (Å²) in [4.78, 5) is 0. The minimum atomic E-state index is -3.97. The third-order valence-electron chi connectivity index (χ3n) is 2.52. The summed E-state index contributed by atoms with van der Waals surface area (Å²) in [5, 5.41) is 7.83. The molecule has 5 nitrogen and oxygen atoms in total. The Morgan fingerprint density at radius 2 is 1.90 bits per heavy atom. The minimum Gasteiger partial charge on any atom is -0.294 e. The van der Waals surface area contributed by atoms with E-state index >= 15 is 0 Å². The van der Waals surface area contributed by atoms with E-state index in [2.05, 4.69) is 26.1 Å². The average Bonchev–Trinajstić information content (AvgIpc) is 2.71. The first kappa shape index (κ1) is 15.8. The third-order valence-corrected chi connectivity index (χ3v) is 4.32. The zero-order valence-electron chi connectivity index (χ0n) is 10.5. The van der Waals surface area contributed by atoms with Gasteiger partial charge in [0.05, 0.1) is 0 Å². The van der Waals surface area contributed by atoms with E-state index in [-0.39, 0.29) is 11.2 Å². The Morgan fingerprint density at radius 3 is 2.40 bits per heavy atom. The van der Waals surface area contributed by atoms with Crippen molar-refractivity contribution in [2.75, 3.05) is 0 Å². The first-order chi connectivity index (χ1) is 9.20. The second kappa shape index (κ2) is 5.63. The monoisotopic (exact) mass is 397 g/mol. The molecule has 0 saturated carbocycles. The Balaban J connectivity index is 2.72. The van der Waals surface area contributed by atoms with Crippen molar-refractivity contribution >= 4 is 47.3 Å². The van der Waals surface area contributed by atoms with Gasteiger partial charge in [-0.3, -0.25) is 4.57 Å². The van der Waals surface area contributed by atoms with Crippen LogP contribution in [0.3, 0.4) is 0 Å². The van der Waals surface area contributed by atoms with E-state index < -0.39 is 9.05 Å². The third kappa shape index (κ3) is 3.16. The second-order valence-corrected chi connectivity index (χ2v) is 8.18. The van der Waals surface area contributed by atoms with Crippen molar-refractivity contribution in [3.8, 4) is 11.4 Å².